The number of hydrogen-bond donors (Lipinski definition) is 2. The third-order valence-electron chi connectivity index (χ3n) is 6.11. The van der Waals surface area contributed by atoms with E-state index in [9.17, 15) is 15.0 Å². The van der Waals surface area contributed by atoms with Crippen LogP contribution in [0.2, 0.25) is 0 Å². The summed E-state index contributed by atoms with van der Waals surface area (Å²) in [5.74, 6) is 0.131. The summed E-state index contributed by atoms with van der Waals surface area (Å²) in [4.78, 5) is 13.7. The first kappa shape index (κ1) is 21.9. The van der Waals surface area contributed by atoms with E-state index in [2.05, 4.69) is 6.58 Å². The van der Waals surface area contributed by atoms with Crippen LogP contribution in [0.4, 0.5) is 0 Å². The summed E-state index contributed by atoms with van der Waals surface area (Å²) in [6, 6.07) is 1.61. The van der Waals surface area contributed by atoms with Crippen molar-refractivity contribution in [3.63, 3.8) is 0 Å². The lowest BCUT2D eigenvalue weighted by Gasteiger charge is -2.30. The Balaban J connectivity index is 1.97. The molecule has 2 aliphatic rings. The molecule has 0 saturated carbocycles. The lowest BCUT2D eigenvalue weighted by atomic mass is 9.94. The van der Waals surface area contributed by atoms with E-state index >= 15 is 0 Å². The average molecular weight is 459 g/mol. The van der Waals surface area contributed by atoms with Crippen LogP contribution in [-0.2, 0) is 0 Å². The third kappa shape index (κ3) is 3.21. The molecule has 0 aliphatic carbocycles. The van der Waals surface area contributed by atoms with E-state index in [1.807, 2.05) is 46.8 Å². The van der Waals surface area contributed by atoms with Crippen LogP contribution in [0.15, 0.2) is 45.7 Å². The topological polar surface area (TPSA) is 89.1 Å². The average Bonchev–Trinajstić information content (AvgIpc) is 2.76. The Kier molecular flexibility index (Phi) is 4.53. The van der Waals surface area contributed by atoms with Gasteiger partial charge in [0.1, 0.15) is 28.1 Å². The van der Waals surface area contributed by atoms with E-state index in [4.69, 9.17) is 13.9 Å². The van der Waals surface area contributed by atoms with Gasteiger partial charge in [0.25, 0.3) is 0 Å². The van der Waals surface area contributed by atoms with Gasteiger partial charge in [-0.15, -0.1) is 0 Å². The summed E-state index contributed by atoms with van der Waals surface area (Å²) in [5, 5.41) is 22.4. The van der Waals surface area contributed by atoms with Gasteiger partial charge in [0, 0.05) is 5.56 Å². The number of ether oxygens (including phenoxy) is 2. The molecule has 0 amide bonds. The molecule has 0 spiro atoms. The summed E-state index contributed by atoms with van der Waals surface area (Å²) < 4.78 is 18.3. The fourth-order valence-electron chi connectivity index (χ4n) is 4.29. The predicted molar refractivity (Wildman–Crippen MR) is 135 cm³/mol. The Morgan fingerprint density at radius 3 is 2.29 bits per heavy atom. The molecule has 3 aromatic rings. The standard InChI is InChI=1S/C28H26O6/c1-7-14(2)12-18-24-16(9-11-28(5,6)34-24)20(29)19-21(30)17-13-15-8-10-27(3,4)33-23(15)22(31)26(17)32-25(18)19/h7-13,29,31H,1H2,2-6H3/b14-12+. The minimum atomic E-state index is -0.637. The molecule has 0 bridgehead atoms. The zero-order valence-corrected chi connectivity index (χ0v) is 19.8. The zero-order valence-electron chi connectivity index (χ0n) is 19.8. The molecule has 0 atom stereocenters. The van der Waals surface area contributed by atoms with Crippen LogP contribution in [0.3, 0.4) is 0 Å². The fraction of sp³-hybridized carbons (Fsp3) is 0.250. The molecule has 174 valence electrons. The second-order valence-corrected chi connectivity index (χ2v) is 9.83. The Morgan fingerprint density at radius 1 is 0.971 bits per heavy atom. The first-order chi connectivity index (χ1) is 15.9. The van der Waals surface area contributed by atoms with Crippen molar-refractivity contribution in [1.82, 2.24) is 0 Å². The molecule has 2 aliphatic heterocycles. The van der Waals surface area contributed by atoms with Gasteiger partial charge in [-0.05, 0) is 65.0 Å². The Morgan fingerprint density at radius 2 is 1.62 bits per heavy atom. The van der Waals surface area contributed by atoms with E-state index in [1.54, 1.807) is 30.4 Å². The van der Waals surface area contributed by atoms with Gasteiger partial charge < -0.3 is 24.1 Å². The van der Waals surface area contributed by atoms with Crippen LogP contribution in [0.25, 0.3) is 40.2 Å². The van der Waals surface area contributed by atoms with Gasteiger partial charge in [0.05, 0.1) is 16.5 Å². The van der Waals surface area contributed by atoms with Crippen LogP contribution in [0, 0.1) is 0 Å². The second kappa shape index (κ2) is 7.03. The SMILES string of the molecule is C=C/C(C)=C/c1c2c(c(O)c3c(=O)c4cc5c(c(O)c4oc13)OC(C)(C)C=C5)C=CC(C)(C)O2. The van der Waals surface area contributed by atoms with E-state index < -0.39 is 16.6 Å². The molecule has 1 aromatic heterocycles. The van der Waals surface area contributed by atoms with Gasteiger partial charge in [-0.2, -0.15) is 0 Å². The highest BCUT2D eigenvalue weighted by atomic mass is 16.5. The van der Waals surface area contributed by atoms with Gasteiger partial charge in [0.15, 0.2) is 16.9 Å². The fourth-order valence-corrected chi connectivity index (χ4v) is 4.29. The molecule has 0 unspecified atom stereocenters. The minimum absolute atomic E-state index is 0.0155. The number of benzene rings is 2. The van der Waals surface area contributed by atoms with Crippen molar-refractivity contribution in [3.05, 3.63) is 63.4 Å². The zero-order chi connectivity index (χ0) is 24.6. The van der Waals surface area contributed by atoms with Crippen LogP contribution in [0.1, 0.15) is 51.3 Å². The highest BCUT2D eigenvalue weighted by molar-refractivity contribution is 6.04. The van der Waals surface area contributed by atoms with Gasteiger partial charge in [-0.3, -0.25) is 4.79 Å². The molecule has 6 heteroatoms. The van der Waals surface area contributed by atoms with E-state index in [1.165, 1.54) is 0 Å². The Labute approximate surface area is 196 Å². The third-order valence-corrected chi connectivity index (χ3v) is 6.11. The second-order valence-electron chi connectivity index (χ2n) is 9.83. The largest absolute Gasteiger partial charge is 0.506 e. The highest BCUT2D eigenvalue weighted by Gasteiger charge is 2.32. The van der Waals surface area contributed by atoms with Crippen LogP contribution in [0.5, 0.6) is 23.0 Å². The number of allylic oxidation sites excluding steroid dienone is 2. The number of aromatic hydroxyl groups is 2. The maximum Gasteiger partial charge on any atom is 0.204 e. The number of phenols is 2. The summed E-state index contributed by atoms with van der Waals surface area (Å²) in [6.45, 7) is 13.2. The lowest BCUT2D eigenvalue weighted by molar-refractivity contribution is 0.153. The van der Waals surface area contributed by atoms with E-state index in [0.717, 1.165) is 5.57 Å². The molecule has 0 radical (unpaired) electrons. The lowest BCUT2D eigenvalue weighted by Crippen LogP contribution is -2.28. The Hall–Kier alpha value is -3.93. The van der Waals surface area contributed by atoms with Gasteiger partial charge in [-0.1, -0.05) is 24.3 Å². The van der Waals surface area contributed by atoms with Crippen LogP contribution < -0.4 is 14.9 Å². The molecule has 5 rings (SSSR count). The monoisotopic (exact) mass is 458 g/mol. The molecule has 2 aromatic carbocycles. The smallest absolute Gasteiger partial charge is 0.204 e. The molecule has 3 heterocycles. The number of hydrogen-bond acceptors (Lipinski definition) is 6. The first-order valence-electron chi connectivity index (χ1n) is 11.0. The van der Waals surface area contributed by atoms with Crippen molar-refractivity contribution in [3.8, 4) is 23.0 Å². The molecular weight excluding hydrogens is 432 g/mol. The van der Waals surface area contributed by atoms with E-state index in [0.29, 0.717) is 22.4 Å². The van der Waals surface area contributed by atoms with Crippen molar-refractivity contribution in [2.75, 3.05) is 0 Å². The maximum absolute atomic E-state index is 13.7. The summed E-state index contributed by atoms with van der Waals surface area (Å²) in [6.07, 6.45) is 10.7. The normalized spacial score (nSPS) is 17.7. The molecule has 34 heavy (non-hydrogen) atoms. The number of phenolic OH excluding ortho intramolecular Hbond substituents is 2. The van der Waals surface area contributed by atoms with Crippen molar-refractivity contribution in [1.29, 1.82) is 0 Å². The molecule has 6 nitrogen and oxygen atoms in total. The summed E-state index contributed by atoms with van der Waals surface area (Å²) >= 11 is 0. The van der Waals surface area contributed by atoms with Gasteiger partial charge >= 0.3 is 0 Å². The van der Waals surface area contributed by atoms with Gasteiger partial charge in [-0.25, -0.2) is 0 Å². The number of fused-ring (bicyclic) bond motifs is 4. The van der Waals surface area contributed by atoms with Crippen LogP contribution >= 0.6 is 0 Å². The molecule has 0 fully saturated rings. The Bertz CT molecular complexity index is 1560. The van der Waals surface area contributed by atoms with Crippen molar-refractivity contribution in [2.45, 2.75) is 45.8 Å². The van der Waals surface area contributed by atoms with Gasteiger partial charge in [0.2, 0.25) is 11.2 Å². The van der Waals surface area contributed by atoms with Crippen LogP contribution in [-0.4, -0.2) is 21.4 Å². The van der Waals surface area contributed by atoms with Crippen molar-refractivity contribution in [2.24, 2.45) is 0 Å². The van der Waals surface area contributed by atoms with Crippen molar-refractivity contribution < 1.29 is 24.1 Å². The first-order valence-corrected chi connectivity index (χ1v) is 11.0. The molecule has 0 saturated heterocycles. The maximum atomic E-state index is 13.7. The molecular formula is C28H26O6. The van der Waals surface area contributed by atoms with Crippen molar-refractivity contribution >= 4 is 40.2 Å². The van der Waals surface area contributed by atoms with E-state index in [-0.39, 0.29) is 39.2 Å². The highest BCUT2D eigenvalue weighted by Crippen LogP contribution is 2.48. The number of rotatable bonds is 2. The predicted octanol–water partition coefficient (Wildman–Crippen LogP) is 6.32. The molecule has 2 N–H and O–H groups in total. The summed E-state index contributed by atoms with van der Waals surface area (Å²) in [5.41, 5.74) is 0.606. The summed E-state index contributed by atoms with van der Waals surface area (Å²) in [7, 11) is 0. The quantitative estimate of drug-likeness (QED) is 0.345. The minimum Gasteiger partial charge on any atom is -0.506 e.